The van der Waals surface area contributed by atoms with Crippen molar-refractivity contribution in [3.8, 4) is 11.4 Å². The molecule has 1 aliphatic heterocycles. The van der Waals surface area contributed by atoms with E-state index in [0.29, 0.717) is 5.02 Å². The molecule has 8 heteroatoms. The van der Waals surface area contributed by atoms with E-state index in [-0.39, 0.29) is 6.10 Å². The summed E-state index contributed by atoms with van der Waals surface area (Å²) in [6, 6.07) is 13.7. The maximum absolute atomic E-state index is 6.06. The number of pyridine rings is 1. The molecular formula is C21H20ClN5OS. The Balaban J connectivity index is 1.42. The number of benzene rings is 1. The van der Waals surface area contributed by atoms with Gasteiger partial charge in [0.25, 0.3) is 0 Å². The zero-order chi connectivity index (χ0) is 19.6. The third-order valence-corrected chi connectivity index (χ3v) is 6.24. The summed E-state index contributed by atoms with van der Waals surface area (Å²) in [5, 5.41) is 10.5. The van der Waals surface area contributed by atoms with E-state index < -0.39 is 0 Å². The molecule has 29 heavy (non-hydrogen) atoms. The molecule has 0 aliphatic carbocycles. The number of nitrogens with zero attached hydrogens (tertiary/aromatic N) is 5. The van der Waals surface area contributed by atoms with Gasteiger partial charge in [-0.15, -0.1) is 10.2 Å². The third kappa shape index (κ3) is 4.03. The molecule has 4 aromatic rings. The maximum Gasteiger partial charge on any atom is 0.191 e. The molecule has 5 rings (SSSR count). The van der Waals surface area contributed by atoms with Gasteiger partial charge in [-0.2, -0.15) is 0 Å². The Morgan fingerprint density at radius 2 is 2.03 bits per heavy atom. The van der Waals surface area contributed by atoms with Crippen LogP contribution in [0, 0.1) is 0 Å². The highest BCUT2D eigenvalue weighted by Gasteiger charge is 2.22. The van der Waals surface area contributed by atoms with Gasteiger partial charge < -0.3 is 9.14 Å². The number of ether oxygens (including phenoxy) is 1. The quantitative estimate of drug-likeness (QED) is 0.418. The number of imidazole rings is 1. The fourth-order valence-corrected chi connectivity index (χ4v) is 4.52. The minimum Gasteiger partial charge on any atom is -0.376 e. The summed E-state index contributed by atoms with van der Waals surface area (Å²) in [6.07, 6.45) is 6.44. The van der Waals surface area contributed by atoms with Gasteiger partial charge in [-0.25, -0.2) is 4.98 Å². The molecule has 4 heterocycles. The van der Waals surface area contributed by atoms with Crippen LogP contribution in [0.2, 0.25) is 5.02 Å². The number of thioether (sulfide) groups is 1. The zero-order valence-electron chi connectivity index (χ0n) is 15.7. The average molecular weight is 426 g/mol. The van der Waals surface area contributed by atoms with E-state index in [1.54, 1.807) is 11.8 Å². The number of rotatable bonds is 6. The maximum atomic E-state index is 6.06. The van der Waals surface area contributed by atoms with Gasteiger partial charge in [0.2, 0.25) is 0 Å². The van der Waals surface area contributed by atoms with Crippen molar-refractivity contribution < 1.29 is 4.74 Å². The van der Waals surface area contributed by atoms with Gasteiger partial charge >= 0.3 is 0 Å². The van der Waals surface area contributed by atoms with Crippen molar-refractivity contribution in [1.82, 2.24) is 24.1 Å². The van der Waals surface area contributed by atoms with Gasteiger partial charge in [-0.3, -0.25) is 4.57 Å². The summed E-state index contributed by atoms with van der Waals surface area (Å²) in [5.74, 6) is 1.57. The van der Waals surface area contributed by atoms with Gasteiger partial charge in [0, 0.05) is 35.3 Å². The summed E-state index contributed by atoms with van der Waals surface area (Å²) in [7, 11) is 0. The average Bonchev–Trinajstić information content (AvgIpc) is 3.47. The first-order chi connectivity index (χ1) is 14.3. The van der Waals surface area contributed by atoms with E-state index in [1.807, 2.05) is 53.1 Å². The molecule has 0 radical (unpaired) electrons. The lowest BCUT2D eigenvalue weighted by Crippen LogP contribution is -2.16. The molecule has 0 saturated carbocycles. The second-order valence-electron chi connectivity index (χ2n) is 7.05. The Bertz CT molecular complexity index is 1080. The molecule has 1 aliphatic rings. The molecule has 1 atom stereocenters. The van der Waals surface area contributed by atoms with Crippen molar-refractivity contribution in [2.75, 3.05) is 6.61 Å². The summed E-state index contributed by atoms with van der Waals surface area (Å²) in [6.45, 7) is 1.57. The Morgan fingerprint density at radius 3 is 2.83 bits per heavy atom. The lowest BCUT2D eigenvalue weighted by molar-refractivity contribution is 0.0953. The van der Waals surface area contributed by atoms with E-state index >= 15 is 0 Å². The van der Waals surface area contributed by atoms with Gasteiger partial charge in [0.05, 0.1) is 18.3 Å². The Kier molecular flexibility index (Phi) is 5.26. The zero-order valence-corrected chi connectivity index (χ0v) is 17.3. The summed E-state index contributed by atoms with van der Waals surface area (Å²) in [4.78, 5) is 4.68. The molecule has 3 aromatic heterocycles. The molecule has 1 saturated heterocycles. The van der Waals surface area contributed by atoms with Gasteiger partial charge in [0.1, 0.15) is 5.65 Å². The van der Waals surface area contributed by atoms with Crippen molar-refractivity contribution in [2.45, 2.75) is 36.4 Å². The Hall–Kier alpha value is -2.35. The highest BCUT2D eigenvalue weighted by Crippen LogP contribution is 2.29. The second-order valence-corrected chi connectivity index (χ2v) is 8.42. The molecular weight excluding hydrogens is 406 g/mol. The summed E-state index contributed by atoms with van der Waals surface area (Å²) >= 11 is 7.71. The van der Waals surface area contributed by atoms with E-state index in [9.17, 15) is 0 Å². The number of halogens is 1. The predicted octanol–water partition coefficient (Wildman–Crippen LogP) is 4.72. The van der Waals surface area contributed by atoms with Crippen LogP contribution in [0.3, 0.4) is 0 Å². The summed E-state index contributed by atoms with van der Waals surface area (Å²) in [5.41, 5.74) is 2.96. The lowest BCUT2D eigenvalue weighted by Gasteiger charge is -2.14. The van der Waals surface area contributed by atoms with Crippen LogP contribution < -0.4 is 0 Å². The third-order valence-electron chi connectivity index (χ3n) is 4.99. The molecule has 148 valence electrons. The van der Waals surface area contributed by atoms with Crippen LogP contribution in [0.4, 0.5) is 0 Å². The number of fused-ring (bicyclic) bond motifs is 1. The second kappa shape index (κ2) is 8.18. The van der Waals surface area contributed by atoms with Crippen LogP contribution in [0.1, 0.15) is 18.5 Å². The molecule has 0 N–H and O–H groups in total. The largest absolute Gasteiger partial charge is 0.376 e. The van der Waals surface area contributed by atoms with Crippen LogP contribution in [0.25, 0.3) is 17.0 Å². The van der Waals surface area contributed by atoms with Gasteiger partial charge in [0.15, 0.2) is 11.0 Å². The van der Waals surface area contributed by atoms with E-state index in [2.05, 4.69) is 25.9 Å². The first-order valence-electron chi connectivity index (χ1n) is 9.62. The minimum atomic E-state index is 0.201. The first-order valence-corrected chi connectivity index (χ1v) is 11.0. The minimum absolute atomic E-state index is 0.201. The standard InChI is InChI=1S/C21H20ClN5OS/c22-16-8-6-15(7-9-16)20-24-25-21(27(20)13-18-4-3-11-28-18)29-14-17-12-26-10-2-1-5-19(26)23-17/h1-2,5-10,12,18H,3-4,11,13-14H2. The van der Waals surface area contributed by atoms with Crippen molar-refractivity contribution in [1.29, 1.82) is 0 Å². The van der Waals surface area contributed by atoms with Gasteiger partial charge in [-0.1, -0.05) is 29.4 Å². The highest BCUT2D eigenvalue weighted by molar-refractivity contribution is 7.98. The van der Waals surface area contributed by atoms with E-state index in [0.717, 1.165) is 59.6 Å². The molecule has 1 fully saturated rings. The van der Waals surface area contributed by atoms with E-state index in [4.69, 9.17) is 16.3 Å². The molecule has 1 unspecified atom stereocenters. The van der Waals surface area contributed by atoms with Crippen LogP contribution in [0.5, 0.6) is 0 Å². The van der Waals surface area contributed by atoms with E-state index in [1.165, 1.54) is 0 Å². The van der Waals surface area contributed by atoms with Crippen molar-refractivity contribution in [3.05, 3.63) is 65.6 Å². The molecule has 0 bridgehead atoms. The monoisotopic (exact) mass is 425 g/mol. The van der Waals surface area contributed by atoms with Gasteiger partial charge in [-0.05, 0) is 49.2 Å². The van der Waals surface area contributed by atoms with Crippen molar-refractivity contribution >= 4 is 29.0 Å². The number of hydrogen-bond donors (Lipinski definition) is 0. The smallest absolute Gasteiger partial charge is 0.191 e. The highest BCUT2D eigenvalue weighted by atomic mass is 35.5. The van der Waals surface area contributed by atoms with Crippen molar-refractivity contribution in [3.63, 3.8) is 0 Å². The predicted molar refractivity (Wildman–Crippen MR) is 114 cm³/mol. The van der Waals surface area contributed by atoms with Crippen molar-refractivity contribution in [2.24, 2.45) is 0 Å². The SMILES string of the molecule is Clc1ccc(-c2nnc(SCc3cn4ccccc4n3)n2CC2CCCO2)cc1. The van der Waals surface area contributed by atoms with Crippen LogP contribution in [-0.2, 0) is 17.0 Å². The Labute approximate surface area is 177 Å². The molecule has 0 spiro atoms. The topological polar surface area (TPSA) is 57.2 Å². The fraction of sp³-hybridized carbons (Fsp3) is 0.286. The lowest BCUT2D eigenvalue weighted by atomic mass is 10.2. The molecule has 6 nitrogen and oxygen atoms in total. The molecule has 0 amide bonds. The normalized spacial score (nSPS) is 16.7. The Morgan fingerprint density at radius 1 is 1.14 bits per heavy atom. The van der Waals surface area contributed by atoms with Crippen LogP contribution in [-0.4, -0.2) is 36.9 Å². The fourth-order valence-electron chi connectivity index (χ4n) is 3.56. The number of aromatic nitrogens is 5. The van der Waals surface area contributed by atoms with Crippen LogP contribution in [0.15, 0.2) is 60.0 Å². The van der Waals surface area contributed by atoms with Crippen LogP contribution >= 0.6 is 23.4 Å². The molecule has 1 aromatic carbocycles. The summed E-state index contributed by atoms with van der Waals surface area (Å²) < 4.78 is 10.1. The first kappa shape index (κ1) is 18.7. The number of hydrogen-bond acceptors (Lipinski definition) is 5.